The van der Waals surface area contributed by atoms with Crippen molar-refractivity contribution in [1.82, 2.24) is 14.8 Å². The number of rotatable bonds is 7. The predicted molar refractivity (Wildman–Crippen MR) is 127 cm³/mol. The Morgan fingerprint density at radius 2 is 1.76 bits per heavy atom. The van der Waals surface area contributed by atoms with Crippen LogP contribution in [0.1, 0.15) is 36.2 Å². The highest BCUT2D eigenvalue weighted by Crippen LogP contribution is 2.44. The summed E-state index contributed by atoms with van der Waals surface area (Å²) in [6, 6.07) is 4.29. The number of hydrogen-bond acceptors (Lipinski definition) is 3. The molecule has 1 fully saturated rings. The van der Waals surface area contributed by atoms with Gasteiger partial charge in [-0.15, -0.1) is 0 Å². The van der Waals surface area contributed by atoms with Crippen molar-refractivity contribution in [1.29, 1.82) is 0 Å². The molecule has 5 rings (SSSR count). The normalized spacial score (nSPS) is 21.3. The Hall–Kier alpha value is -2.79. The Kier molecular flexibility index (Phi) is 6.86. The van der Waals surface area contributed by atoms with Gasteiger partial charge in [-0.25, -0.2) is 13.2 Å². The summed E-state index contributed by atoms with van der Waals surface area (Å²) in [7, 11) is 0. The number of alkyl halides is 4. The van der Waals surface area contributed by atoms with Gasteiger partial charge in [0.25, 0.3) is 0 Å². The predicted octanol–water partition coefficient (Wildman–Crippen LogP) is 5.94. The SMILES string of the molecule is C[C@H]1Cc2c([nH]c3c(F)cccc23)[C@H](c2c(F)cc(NC3CN(CCCF)C3)cc2F)N1CC(F)(F)F. The van der Waals surface area contributed by atoms with Crippen molar-refractivity contribution in [2.75, 3.05) is 38.2 Å². The summed E-state index contributed by atoms with van der Waals surface area (Å²) >= 11 is 0. The molecular formula is C26H27F7N4. The van der Waals surface area contributed by atoms with Gasteiger partial charge in [-0.1, -0.05) is 12.1 Å². The molecule has 2 atom stereocenters. The van der Waals surface area contributed by atoms with Gasteiger partial charge in [-0.3, -0.25) is 14.2 Å². The maximum atomic E-state index is 15.5. The molecule has 2 N–H and O–H groups in total. The fourth-order valence-corrected chi connectivity index (χ4v) is 5.60. The van der Waals surface area contributed by atoms with E-state index >= 15 is 8.78 Å². The summed E-state index contributed by atoms with van der Waals surface area (Å²) in [5.41, 5.74) is 0.452. The van der Waals surface area contributed by atoms with Crippen LogP contribution in [0.4, 0.5) is 36.4 Å². The number of hydrogen-bond donors (Lipinski definition) is 2. The van der Waals surface area contributed by atoms with Crippen LogP contribution >= 0.6 is 0 Å². The summed E-state index contributed by atoms with van der Waals surface area (Å²) < 4.78 is 98.7. The van der Waals surface area contributed by atoms with Crippen molar-refractivity contribution in [2.45, 2.75) is 44.1 Å². The summed E-state index contributed by atoms with van der Waals surface area (Å²) in [4.78, 5) is 5.87. The number of benzene rings is 2. The zero-order chi connectivity index (χ0) is 26.5. The first kappa shape index (κ1) is 25.8. The van der Waals surface area contributed by atoms with Crippen LogP contribution in [0.5, 0.6) is 0 Å². The second kappa shape index (κ2) is 9.83. The Morgan fingerprint density at radius 3 is 2.41 bits per heavy atom. The van der Waals surface area contributed by atoms with E-state index in [0.29, 0.717) is 37.0 Å². The van der Waals surface area contributed by atoms with Gasteiger partial charge in [0.05, 0.1) is 30.8 Å². The second-order valence-electron chi connectivity index (χ2n) is 9.92. The fourth-order valence-electron chi connectivity index (χ4n) is 5.60. The molecule has 0 saturated carbocycles. The maximum absolute atomic E-state index is 15.5. The van der Waals surface area contributed by atoms with Crippen LogP contribution in [0, 0.1) is 17.5 Å². The van der Waals surface area contributed by atoms with Crippen molar-refractivity contribution in [3.05, 3.63) is 64.6 Å². The first-order chi connectivity index (χ1) is 17.6. The zero-order valence-corrected chi connectivity index (χ0v) is 20.1. The number of likely N-dealkylation sites (tertiary alicyclic amines) is 1. The van der Waals surface area contributed by atoms with Crippen molar-refractivity contribution in [3.63, 3.8) is 0 Å². The number of para-hydroxylation sites is 1. The van der Waals surface area contributed by atoms with Crippen LogP contribution in [0.2, 0.25) is 0 Å². The minimum atomic E-state index is -4.62. The quantitative estimate of drug-likeness (QED) is 0.373. The lowest BCUT2D eigenvalue weighted by Crippen LogP contribution is -2.54. The molecule has 200 valence electrons. The van der Waals surface area contributed by atoms with E-state index in [2.05, 4.69) is 10.3 Å². The first-order valence-electron chi connectivity index (χ1n) is 12.2. The molecule has 0 bridgehead atoms. The van der Waals surface area contributed by atoms with E-state index in [9.17, 15) is 22.0 Å². The molecule has 37 heavy (non-hydrogen) atoms. The highest BCUT2D eigenvalue weighted by atomic mass is 19.4. The van der Waals surface area contributed by atoms with E-state index in [1.54, 1.807) is 13.0 Å². The number of halogens is 7. The number of H-pyrrole nitrogens is 1. The Bertz CT molecular complexity index is 1260. The van der Waals surface area contributed by atoms with E-state index in [0.717, 1.165) is 17.0 Å². The minimum Gasteiger partial charge on any atom is -0.380 e. The summed E-state index contributed by atoms with van der Waals surface area (Å²) in [5.74, 6) is -2.58. The maximum Gasteiger partial charge on any atom is 0.401 e. The molecule has 4 nitrogen and oxygen atoms in total. The topological polar surface area (TPSA) is 34.3 Å². The third kappa shape index (κ3) is 5.03. The van der Waals surface area contributed by atoms with Gasteiger partial charge in [-0.05, 0) is 43.5 Å². The fraction of sp³-hybridized carbons (Fsp3) is 0.462. The molecule has 3 heterocycles. The lowest BCUT2D eigenvalue weighted by atomic mass is 9.88. The molecule has 0 unspecified atom stereocenters. The number of aromatic amines is 1. The summed E-state index contributed by atoms with van der Waals surface area (Å²) in [6.07, 6.45) is -4.04. The molecule has 1 saturated heterocycles. The molecule has 0 aliphatic carbocycles. The molecule has 0 radical (unpaired) electrons. The summed E-state index contributed by atoms with van der Waals surface area (Å²) in [5, 5.41) is 3.52. The van der Waals surface area contributed by atoms with Gasteiger partial charge in [0.1, 0.15) is 17.5 Å². The molecule has 0 spiro atoms. The smallest absolute Gasteiger partial charge is 0.380 e. The lowest BCUT2D eigenvalue weighted by Gasteiger charge is -2.41. The molecule has 0 amide bonds. The van der Waals surface area contributed by atoms with Gasteiger partial charge in [-0.2, -0.15) is 13.2 Å². The van der Waals surface area contributed by atoms with Gasteiger partial charge >= 0.3 is 6.18 Å². The largest absolute Gasteiger partial charge is 0.401 e. The van der Waals surface area contributed by atoms with Gasteiger partial charge in [0.2, 0.25) is 0 Å². The second-order valence-corrected chi connectivity index (χ2v) is 9.92. The van der Waals surface area contributed by atoms with E-state index in [1.807, 2.05) is 4.90 Å². The van der Waals surface area contributed by atoms with Gasteiger partial charge in [0, 0.05) is 48.0 Å². The van der Waals surface area contributed by atoms with Crippen LogP contribution in [0.3, 0.4) is 0 Å². The monoisotopic (exact) mass is 528 g/mol. The first-order valence-corrected chi connectivity index (χ1v) is 12.2. The molecule has 2 aliphatic rings. The number of nitrogens with one attached hydrogen (secondary N) is 2. The molecule has 1 aromatic heterocycles. The van der Waals surface area contributed by atoms with Gasteiger partial charge in [0.15, 0.2) is 0 Å². The van der Waals surface area contributed by atoms with Crippen LogP contribution in [0.25, 0.3) is 10.9 Å². The molecule has 2 aliphatic heterocycles. The third-order valence-corrected chi connectivity index (χ3v) is 7.24. The minimum absolute atomic E-state index is 0.0797. The Balaban J connectivity index is 1.52. The Morgan fingerprint density at radius 1 is 1.05 bits per heavy atom. The van der Waals surface area contributed by atoms with Crippen molar-refractivity contribution in [3.8, 4) is 0 Å². The molecule has 2 aromatic carbocycles. The Labute approximate surface area is 209 Å². The number of nitrogens with zero attached hydrogens (tertiary/aromatic N) is 2. The lowest BCUT2D eigenvalue weighted by molar-refractivity contribution is -0.155. The molecular weight excluding hydrogens is 501 g/mol. The zero-order valence-electron chi connectivity index (χ0n) is 20.1. The standard InChI is InChI=1S/C26H27F7N4/c1-14-8-18-17-4-2-5-19(28)23(17)35-24(18)25(37(14)13-26(31,32)33)22-20(29)9-15(10-21(22)30)34-16-11-36(12-16)7-3-6-27/h2,4-5,9-10,14,16,25,34-35H,3,6-8,11-13H2,1H3/t14-,25-/m0/s1. The van der Waals surface area contributed by atoms with Crippen molar-refractivity contribution >= 4 is 16.6 Å². The summed E-state index contributed by atoms with van der Waals surface area (Å²) in [6.45, 7) is 1.55. The third-order valence-electron chi connectivity index (χ3n) is 7.24. The number of aromatic nitrogens is 1. The van der Waals surface area contributed by atoms with E-state index in [4.69, 9.17) is 0 Å². The molecule has 11 heteroatoms. The van der Waals surface area contributed by atoms with Gasteiger partial charge < -0.3 is 10.3 Å². The van der Waals surface area contributed by atoms with E-state index in [1.165, 1.54) is 12.1 Å². The average Bonchev–Trinajstić information content (AvgIpc) is 3.15. The van der Waals surface area contributed by atoms with Crippen LogP contribution in [-0.2, 0) is 6.42 Å². The van der Waals surface area contributed by atoms with Crippen molar-refractivity contribution < 1.29 is 30.7 Å². The molecule has 3 aromatic rings. The van der Waals surface area contributed by atoms with Crippen LogP contribution in [0.15, 0.2) is 30.3 Å². The highest BCUT2D eigenvalue weighted by molar-refractivity contribution is 5.86. The van der Waals surface area contributed by atoms with Crippen LogP contribution in [-0.4, -0.2) is 65.9 Å². The van der Waals surface area contributed by atoms with Crippen molar-refractivity contribution in [2.24, 2.45) is 0 Å². The number of anilines is 1. The average molecular weight is 529 g/mol. The highest BCUT2D eigenvalue weighted by Gasteiger charge is 2.44. The van der Waals surface area contributed by atoms with E-state index in [-0.39, 0.29) is 29.4 Å². The number of fused-ring (bicyclic) bond motifs is 3. The van der Waals surface area contributed by atoms with E-state index < -0.39 is 54.5 Å². The van der Waals surface area contributed by atoms with Crippen LogP contribution < -0.4 is 5.32 Å².